The number of nitrogens with one attached hydrogen (secondary N) is 1. The van der Waals surface area contributed by atoms with E-state index >= 15 is 0 Å². The zero-order valence-corrected chi connectivity index (χ0v) is 8.53. The number of hydrogen-bond acceptors (Lipinski definition) is 4. The van der Waals surface area contributed by atoms with Crippen molar-refractivity contribution in [3.63, 3.8) is 0 Å². The van der Waals surface area contributed by atoms with Crippen molar-refractivity contribution in [3.8, 4) is 17.6 Å². The molecule has 0 aliphatic carbocycles. The van der Waals surface area contributed by atoms with Crippen LogP contribution in [-0.4, -0.2) is 12.7 Å². The van der Waals surface area contributed by atoms with Gasteiger partial charge in [-0.3, -0.25) is 4.79 Å². The molecule has 1 N–H and O–H groups in total. The van der Waals surface area contributed by atoms with E-state index in [1.807, 2.05) is 6.07 Å². The molecule has 0 spiro atoms. The Kier molecular flexibility index (Phi) is 2.92. The average molecular weight is 218 g/mol. The number of carbonyl (C=O) groups is 1. The third-order valence-electron chi connectivity index (χ3n) is 2.12. The Bertz CT molecular complexity index is 451. The van der Waals surface area contributed by atoms with Crippen LogP contribution in [0.1, 0.15) is 12.8 Å². The van der Waals surface area contributed by atoms with Gasteiger partial charge in [-0.2, -0.15) is 5.26 Å². The third kappa shape index (κ3) is 2.23. The summed E-state index contributed by atoms with van der Waals surface area (Å²) in [6, 6.07) is 7.09. The van der Waals surface area contributed by atoms with Crippen molar-refractivity contribution in [2.45, 2.75) is 12.8 Å². The number of carbonyl (C=O) groups excluding carboxylic acids is 1. The van der Waals surface area contributed by atoms with Crippen LogP contribution in [0.3, 0.4) is 0 Å². The Morgan fingerprint density at radius 3 is 3.06 bits per heavy atom. The van der Waals surface area contributed by atoms with Crippen molar-refractivity contribution in [3.05, 3.63) is 18.2 Å². The molecule has 1 heterocycles. The van der Waals surface area contributed by atoms with E-state index in [-0.39, 0.29) is 25.5 Å². The molecule has 82 valence electrons. The SMILES string of the molecule is N#CCCC(=O)Nc1ccc2c(c1)OCO2. The Labute approximate surface area is 92.6 Å². The first kappa shape index (κ1) is 10.3. The van der Waals surface area contributed by atoms with Crippen LogP contribution in [0.2, 0.25) is 0 Å². The van der Waals surface area contributed by atoms with Crippen LogP contribution < -0.4 is 14.8 Å². The van der Waals surface area contributed by atoms with Gasteiger partial charge in [0, 0.05) is 24.6 Å². The molecule has 0 saturated carbocycles. The lowest BCUT2D eigenvalue weighted by Gasteiger charge is -2.04. The highest BCUT2D eigenvalue weighted by Gasteiger charge is 2.13. The summed E-state index contributed by atoms with van der Waals surface area (Å²) in [5, 5.41) is 11.0. The zero-order valence-electron chi connectivity index (χ0n) is 8.53. The van der Waals surface area contributed by atoms with Gasteiger partial charge in [0.1, 0.15) is 0 Å². The molecule has 5 nitrogen and oxygen atoms in total. The molecule has 1 aromatic carbocycles. The van der Waals surface area contributed by atoms with E-state index in [0.29, 0.717) is 17.2 Å². The van der Waals surface area contributed by atoms with Crippen LogP contribution in [0.4, 0.5) is 5.69 Å². The smallest absolute Gasteiger partial charge is 0.231 e. The highest BCUT2D eigenvalue weighted by Crippen LogP contribution is 2.34. The summed E-state index contributed by atoms with van der Waals surface area (Å²) in [5.74, 6) is 1.12. The van der Waals surface area contributed by atoms with E-state index < -0.39 is 0 Å². The molecule has 2 rings (SSSR count). The van der Waals surface area contributed by atoms with E-state index in [2.05, 4.69) is 5.32 Å². The molecule has 0 fully saturated rings. The van der Waals surface area contributed by atoms with E-state index in [0.717, 1.165) is 0 Å². The summed E-state index contributed by atoms with van der Waals surface area (Å²) < 4.78 is 10.3. The van der Waals surface area contributed by atoms with Crippen molar-refractivity contribution >= 4 is 11.6 Å². The monoisotopic (exact) mass is 218 g/mol. The van der Waals surface area contributed by atoms with Gasteiger partial charge in [-0.05, 0) is 12.1 Å². The number of ether oxygens (including phenoxy) is 2. The van der Waals surface area contributed by atoms with E-state index in [1.165, 1.54) is 0 Å². The predicted octanol–water partition coefficient (Wildman–Crippen LogP) is 1.66. The van der Waals surface area contributed by atoms with Gasteiger partial charge in [0.25, 0.3) is 0 Å². The number of fused-ring (bicyclic) bond motifs is 1. The molecule has 0 aromatic heterocycles. The largest absolute Gasteiger partial charge is 0.454 e. The topological polar surface area (TPSA) is 71.4 Å². The number of anilines is 1. The molecule has 1 amide bonds. The number of hydrogen-bond donors (Lipinski definition) is 1. The number of benzene rings is 1. The Morgan fingerprint density at radius 2 is 2.25 bits per heavy atom. The maximum atomic E-state index is 11.3. The summed E-state index contributed by atoms with van der Waals surface area (Å²) in [7, 11) is 0. The summed E-state index contributed by atoms with van der Waals surface area (Å²) in [4.78, 5) is 11.3. The van der Waals surface area contributed by atoms with Crippen LogP contribution in [0, 0.1) is 11.3 Å². The van der Waals surface area contributed by atoms with E-state index in [1.54, 1.807) is 18.2 Å². The van der Waals surface area contributed by atoms with Gasteiger partial charge in [0.15, 0.2) is 11.5 Å². The molecule has 0 bridgehead atoms. The molecule has 16 heavy (non-hydrogen) atoms. The maximum Gasteiger partial charge on any atom is 0.231 e. The fraction of sp³-hybridized carbons (Fsp3) is 0.273. The van der Waals surface area contributed by atoms with Crippen molar-refractivity contribution < 1.29 is 14.3 Å². The van der Waals surface area contributed by atoms with E-state index in [4.69, 9.17) is 14.7 Å². The molecule has 1 aromatic rings. The van der Waals surface area contributed by atoms with Crippen LogP contribution in [0.25, 0.3) is 0 Å². The Hall–Kier alpha value is -2.22. The van der Waals surface area contributed by atoms with Gasteiger partial charge in [-0.1, -0.05) is 0 Å². The maximum absolute atomic E-state index is 11.3. The quantitative estimate of drug-likeness (QED) is 0.837. The predicted molar refractivity (Wildman–Crippen MR) is 56.0 cm³/mol. The molecule has 1 aliphatic heterocycles. The molecule has 0 radical (unpaired) electrons. The minimum atomic E-state index is -0.180. The normalized spacial score (nSPS) is 11.9. The van der Waals surface area contributed by atoms with E-state index in [9.17, 15) is 4.79 Å². The Balaban J connectivity index is 2.00. The second kappa shape index (κ2) is 4.53. The fourth-order valence-corrected chi connectivity index (χ4v) is 1.37. The first-order valence-electron chi connectivity index (χ1n) is 4.86. The summed E-state index contributed by atoms with van der Waals surface area (Å²) >= 11 is 0. The molecule has 0 saturated heterocycles. The minimum Gasteiger partial charge on any atom is -0.454 e. The number of nitriles is 1. The number of nitrogens with zero attached hydrogens (tertiary/aromatic N) is 1. The first-order chi connectivity index (χ1) is 7.79. The fourth-order valence-electron chi connectivity index (χ4n) is 1.37. The molecule has 1 aliphatic rings. The highest BCUT2D eigenvalue weighted by atomic mass is 16.7. The lowest BCUT2D eigenvalue weighted by Crippen LogP contribution is -2.10. The summed E-state index contributed by atoms with van der Waals surface area (Å²) in [5.41, 5.74) is 0.646. The van der Waals surface area contributed by atoms with Crippen molar-refractivity contribution in [1.29, 1.82) is 5.26 Å². The highest BCUT2D eigenvalue weighted by molar-refractivity contribution is 5.91. The lowest BCUT2D eigenvalue weighted by atomic mass is 10.2. The van der Waals surface area contributed by atoms with Crippen LogP contribution in [0.5, 0.6) is 11.5 Å². The van der Waals surface area contributed by atoms with Gasteiger partial charge in [0.2, 0.25) is 12.7 Å². The van der Waals surface area contributed by atoms with Crippen molar-refractivity contribution in [2.75, 3.05) is 12.1 Å². The average Bonchev–Trinajstić information content (AvgIpc) is 2.73. The number of amides is 1. The van der Waals surface area contributed by atoms with Crippen molar-refractivity contribution in [2.24, 2.45) is 0 Å². The minimum absolute atomic E-state index is 0.180. The van der Waals surface area contributed by atoms with Crippen LogP contribution in [0.15, 0.2) is 18.2 Å². The summed E-state index contributed by atoms with van der Waals surface area (Å²) in [6.07, 6.45) is 0.418. The molecule has 0 unspecified atom stereocenters. The Morgan fingerprint density at radius 1 is 1.44 bits per heavy atom. The third-order valence-corrected chi connectivity index (χ3v) is 2.12. The van der Waals surface area contributed by atoms with Gasteiger partial charge in [0.05, 0.1) is 6.07 Å². The zero-order chi connectivity index (χ0) is 11.4. The van der Waals surface area contributed by atoms with Gasteiger partial charge in [-0.25, -0.2) is 0 Å². The van der Waals surface area contributed by atoms with Crippen LogP contribution >= 0.6 is 0 Å². The molecular formula is C11H10N2O3. The first-order valence-corrected chi connectivity index (χ1v) is 4.86. The van der Waals surface area contributed by atoms with Crippen molar-refractivity contribution in [1.82, 2.24) is 0 Å². The lowest BCUT2D eigenvalue weighted by molar-refractivity contribution is -0.116. The van der Waals surface area contributed by atoms with Gasteiger partial charge in [-0.15, -0.1) is 0 Å². The number of rotatable bonds is 3. The molecule has 5 heteroatoms. The van der Waals surface area contributed by atoms with Crippen LogP contribution in [-0.2, 0) is 4.79 Å². The summed E-state index contributed by atoms with van der Waals surface area (Å²) in [6.45, 7) is 0.209. The molecular weight excluding hydrogens is 208 g/mol. The standard InChI is InChI=1S/C11H10N2O3/c12-5-1-2-11(14)13-8-3-4-9-10(6-8)16-7-15-9/h3-4,6H,1-2,7H2,(H,13,14). The molecule has 0 atom stereocenters. The van der Waals surface area contributed by atoms with Gasteiger partial charge < -0.3 is 14.8 Å². The second-order valence-electron chi connectivity index (χ2n) is 3.27. The van der Waals surface area contributed by atoms with Gasteiger partial charge >= 0.3 is 0 Å². The second-order valence-corrected chi connectivity index (χ2v) is 3.27.